The van der Waals surface area contributed by atoms with E-state index < -0.39 is 0 Å². The van der Waals surface area contributed by atoms with E-state index in [-0.39, 0.29) is 17.6 Å². The van der Waals surface area contributed by atoms with Gasteiger partial charge in [-0.05, 0) is 24.7 Å². The Balaban J connectivity index is 2.56. The Labute approximate surface area is 105 Å². The van der Waals surface area contributed by atoms with Crippen molar-refractivity contribution in [2.24, 2.45) is 17.8 Å². The molecule has 0 aromatic heterocycles. The van der Waals surface area contributed by atoms with E-state index >= 15 is 0 Å². The molecule has 1 aliphatic rings. The summed E-state index contributed by atoms with van der Waals surface area (Å²) < 4.78 is 0. The Morgan fingerprint density at radius 1 is 1.29 bits per heavy atom. The average Bonchev–Trinajstić information content (AvgIpc) is 2.42. The van der Waals surface area contributed by atoms with Gasteiger partial charge in [0.15, 0.2) is 5.78 Å². The van der Waals surface area contributed by atoms with E-state index in [0.717, 1.165) is 19.4 Å². The van der Waals surface area contributed by atoms with Gasteiger partial charge in [0.1, 0.15) is 0 Å². The van der Waals surface area contributed by atoms with Crippen LogP contribution in [0.1, 0.15) is 47.0 Å². The summed E-state index contributed by atoms with van der Waals surface area (Å²) in [5, 5.41) is 0. The maximum absolute atomic E-state index is 11.9. The lowest BCUT2D eigenvalue weighted by molar-refractivity contribution is -0.135. The Morgan fingerprint density at radius 2 is 1.94 bits per heavy atom. The van der Waals surface area contributed by atoms with Crippen molar-refractivity contribution < 1.29 is 9.59 Å². The molecular weight excluding hydrogens is 214 g/mol. The SMILES string of the molecule is CC(C)C(=O)CN1CCC(C(C)C)CCC1=O. The molecule has 17 heavy (non-hydrogen) atoms. The lowest BCUT2D eigenvalue weighted by Gasteiger charge is -2.21. The minimum atomic E-state index is 0.0203. The fraction of sp³-hybridized carbons (Fsp3) is 0.857. The summed E-state index contributed by atoms with van der Waals surface area (Å²) >= 11 is 0. The first-order valence-corrected chi connectivity index (χ1v) is 6.72. The van der Waals surface area contributed by atoms with Crippen LogP contribution in [0.25, 0.3) is 0 Å². The highest BCUT2D eigenvalue weighted by Gasteiger charge is 2.25. The van der Waals surface area contributed by atoms with Crippen molar-refractivity contribution in [1.82, 2.24) is 4.90 Å². The van der Waals surface area contributed by atoms with Gasteiger partial charge in [-0.15, -0.1) is 0 Å². The lowest BCUT2D eigenvalue weighted by atomic mass is 9.89. The predicted molar refractivity (Wildman–Crippen MR) is 68.6 cm³/mol. The summed E-state index contributed by atoms with van der Waals surface area (Å²) in [6.45, 7) is 9.26. The summed E-state index contributed by atoms with van der Waals surface area (Å²) in [7, 11) is 0. The average molecular weight is 239 g/mol. The van der Waals surface area contributed by atoms with E-state index in [0.29, 0.717) is 24.8 Å². The molecule has 1 amide bonds. The van der Waals surface area contributed by atoms with Crippen molar-refractivity contribution >= 4 is 11.7 Å². The molecule has 1 rings (SSSR count). The molecule has 1 atom stereocenters. The normalized spacial score (nSPS) is 22.1. The van der Waals surface area contributed by atoms with Crippen LogP contribution in [0, 0.1) is 17.8 Å². The van der Waals surface area contributed by atoms with Gasteiger partial charge in [0, 0.05) is 18.9 Å². The van der Waals surface area contributed by atoms with Crippen molar-refractivity contribution in [3.05, 3.63) is 0 Å². The topological polar surface area (TPSA) is 37.4 Å². The molecular formula is C14H25NO2. The van der Waals surface area contributed by atoms with Crippen LogP contribution in [0.5, 0.6) is 0 Å². The second-order valence-electron chi connectivity index (χ2n) is 5.77. The third kappa shape index (κ3) is 4.14. The number of carbonyl (C=O) groups is 2. The van der Waals surface area contributed by atoms with Crippen LogP contribution in [-0.2, 0) is 9.59 Å². The zero-order chi connectivity index (χ0) is 13.0. The number of Topliss-reactive ketones (excluding diaryl/α,β-unsaturated/α-hetero) is 1. The summed E-state index contributed by atoms with van der Waals surface area (Å²) in [4.78, 5) is 25.4. The zero-order valence-corrected chi connectivity index (χ0v) is 11.5. The van der Waals surface area contributed by atoms with Crippen LogP contribution in [0.4, 0.5) is 0 Å². The van der Waals surface area contributed by atoms with Gasteiger partial charge in [0.25, 0.3) is 0 Å². The molecule has 0 bridgehead atoms. The second-order valence-corrected chi connectivity index (χ2v) is 5.77. The molecule has 0 aromatic carbocycles. The van der Waals surface area contributed by atoms with Gasteiger partial charge < -0.3 is 4.90 Å². The largest absolute Gasteiger partial charge is 0.335 e. The Kier molecular flexibility index (Phi) is 5.16. The van der Waals surface area contributed by atoms with Crippen LogP contribution in [0.2, 0.25) is 0 Å². The molecule has 1 aliphatic heterocycles. The Hall–Kier alpha value is -0.860. The van der Waals surface area contributed by atoms with E-state index in [2.05, 4.69) is 13.8 Å². The minimum absolute atomic E-state index is 0.0203. The van der Waals surface area contributed by atoms with E-state index in [1.54, 1.807) is 4.90 Å². The lowest BCUT2D eigenvalue weighted by Crippen LogP contribution is -2.36. The number of rotatable bonds is 4. The first kappa shape index (κ1) is 14.2. The molecule has 1 unspecified atom stereocenters. The molecule has 3 nitrogen and oxygen atoms in total. The molecule has 1 fully saturated rings. The first-order chi connectivity index (χ1) is 7.91. The van der Waals surface area contributed by atoms with Gasteiger partial charge in [-0.3, -0.25) is 9.59 Å². The molecule has 1 heterocycles. The Morgan fingerprint density at radius 3 is 2.47 bits per heavy atom. The quantitative estimate of drug-likeness (QED) is 0.756. The zero-order valence-electron chi connectivity index (χ0n) is 11.5. The van der Waals surface area contributed by atoms with Gasteiger partial charge in [-0.25, -0.2) is 0 Å². The minimum Gasteiger partial charge on any atom is -0.335 e. The summed E-state index contributed by atoms with van der Waals surface area (Å²) in [6, 6.07) is 0. The van der Waals surface area contributed by atoms with E-state index in [4.69, 9.17) is 0 Å². The van der Waals surface area contributed by atoms with Gasteiger partial charge >= 0.3 is 0 Å². The number of hydrogen-bond donors (Lipinski definition) is 0. The standard InChI is InChI=1S/C14H25NO2/c1-10(2)12-5-6-14(17)15(8-7-12)9-13(16)11(3)4/h10-12H,5-9H2,1-4H3. The number of ketones is 1. The van der Waals surface area contributed by atoms with Crippen LogP contribution in [0.15, 0.2) is 0 Å². The van der Waals surface area contributed by atoms with Crippen molar-refractivity contribution in [2.45, 2.75) is 47.0 Å². The second kappa shape index (κ2) is 6.18. The van der Waals surface area contributed by atoms with Crippen molar-refractivity contribution in [1.29, 1.82) is 0 Å². The number of carbonyl (C=O) groups excluding carboxylic acids is 2. The summed E-state index contributed by atoms with van der Waals surface area (Å²) in [6.07, 6.45) is 2.62. The van der Waals surface area contributed by atoms with Crippen LogP contribution >= 0.6 is 0 Å². The van der Waals surface area contributed by atoms with E-state index in [1.165, 1.54) is 0 Å². The first-order valence-electron chi connectivity index (χ1n) is 6.72. The van der Waals surface area contributed by atoms with Crippen LogP contribution in [0.3, 0.4) is 0 Å². The molecule has 0 radical (unpaired) electrons. The van der Waals surface area contributed by atoms with Gasteiger partial charge in [-0.1, -0.05) is 27.7 Å². The maximum atomic E-state index is 11.9. The highest BCUT2D eigenvalue weighted by atomic mass is 16.2. The predicted octanol–water partition coefficient (Wildman–Crippen LogP) is 2.50. The van der Waals surface area contributed by atoms with Crippen LogP contribution in [-0.4, -0.2) is 29.7 Å². The summed E-state index contributed by atoms with van der Waals surface area (Å²) in [5.41, 5.74) is 0. The number of hydrogen-bond acceptors (Lipinski definition) is 2. The molecule has 0 aliphatic carbocycles. The molecule has 1 saturated heterocycles. The van der Waals surface area contributed by atoms with E-state index in [9.17, 15) is 9.59 Å². The maximum Gasteiger partial charge on any atom is 0.222 e. The molecule has 98 valence electrons. The monoisotopic (exact) mass is 239 g/mol. The van der Waals surface area contributed by atoms with Crippen molar-refractivity contribution in [2.75, 3.05) is 13.1 Å². The van der Waals surface area contributed by atoms with Gasteiger partial charge in [0.2, 0.25) is 5.91 Å². The smallest absolute Gasteiger partial charge is 0.222 e. The number of nitrogens with zero attached hydrogens (tertiary/aromatic N) is 1. The van der Waals surface area contributed by atoms with Crippen molar-refractivity contribution in [3.63, 3.8) is 0 Å². The van der Waals surface area contributed by atoms with Crippen molar-refractivity contribution in [3.8, 4) is 0 Å². The van der Waals surface area contributed by atoms with Gasteiger partial charge in [0.05, 0.1) is 6.54 Å². The van der Waals surface area contributed by atoms with Gasteiger partial charge in [-0.2, -0.15) is 0 Å². The van der Waals surface area contributed by atoms with E-state index in [1.807, 2.05) is 13.8 Å². The molecule has 3 heteroatoms. The fourth-order valence-corrected chi connectivity index (χ4v) is 2.26. The number of likely N-dealkylation sites (tertiary alicyclic amines) is 1. The molecule has 0 saturated carbocycles. The highest BCUT2D eigenvalue weighted by Crippen LogP contribution is 2.25. The molecule has 0 aromatic rings. The number of amides is 1. The fourth-order valence-electron chi connectivity index (χ4n) is 2.26. The van der Waals surface area contributed by atoms with Crippen LogP contribution < -0.4 is 0 Å². The third-order valence-electron chi connectivity index (χ3n) is 3.78. The third-order valence-corrected chi connectivity index (χ3v) is 3.78. The molecule has 0 N–H and O–H groups in total. The summed E-state index contributed by atoms with van der Waals surface area (Å²) in [5.74, 6) is 1.59. The Bertz CT molecular complexity index is 284. The molecule has 0 spiro atoms. The highest BCUT2D eigenvalue weighted by molar-refractivity contribution is 5.87.